The van der Waals surface area contributed by atoms with E-state index in [2.05, 4.69) is 15.3 Å². The molecule has 222 valence electrons. The van der Waals surface area contributed by atoms with Crippen LogP contribution in [0.4, 0.5) is 38.0 Å². The molecule has 3 aromatic rings. The zero-order valence-electron chi connectivity index (χ0n) is 21.4. The molecular formula is C26H20ClF6N5O2S2. The molecule has 1 aromatic carbocycles. The van der Waals surface area contributed by atoms with Crippen molar-refractivity contribution in [1.82, 2.24) is 19.8 Å². The molecule has 0 unspecified atom stereocenters. The molecule has 4 heterocycles. The topological polar surface area (TPSA) is 78.4 Å². The molecule has 0 spiro atoms. The van der Waals surface area contributed by atoms with E-state index in [1.165, 1.54) is 17.8 Å². The van der Waals surface area contributed by atoms with Gasteiger partial charge in [0.25, 0.3) is 5.91 Å². The number of aromatic nitrogens is 2. The molecular weight excluding hydrogens is 628 g/mol. The molecule has 42 heavy (non-hydrogen) atoms. The lowest BCUT2D eigenvalue weighted by molar-refractivity contribution is -0.186. The van der Waals surface area contributed by atoms with Crippen molar-refractivity contribution in [1.29, 1.82) is 0 Å². The predicted molar refractivity (Wildman–Crippen MR) is 145 cm³/mol. The molecule has 2 aliphatic heterocycles. The van der Waals surface area contributed by atoms with Gasteiger partial charge in [-0.2, -0.15) is 26.3 Å². The van der Waals surface area contributed by atoms with Crippen LogP contribution in [-0.2, 0) is 23.9 Å². The Morgan fingerprint density at radius 1 is 1.07 bits per heavy atom. The number of thiophene rings is 1. The fourth-order valence-electron chi connectivity index (χ4n) is 4.95. The van der Waals surface area contributed by atoms with Crippen molar-refractivity contribution in [3.05, 3.63) is 51.0 Å². The molecule has 3 aliphatic rings. The van der Waals surface area contributed by atoms with Crippen molar-refractivity contribution >= 4 is 58.1 Å². The van der Waals surface area contributed by atoms with Crippen LogP contribution in [0.25, 0.3) is 10.6 Å². The molecule has 1 fully saturated rings. The lowest BCUT2D eigenvalue weighted by Gasteiger charge is -2.30. The lowest BCUT2D eigenvalue weighted by Crippen LogP contribution is -2.43. The van der Waals surface area contributed by atoms with Crippen LogP contribution in [0.3, 0.4) is 0 Å². The Morgan fingerprint density at radius 3 is 2.52 bits per heavy atom. The molecule has 2 amide bonds. The standard InChI is InChI=1S/C26H20ClF6N5O2S2/c27-16-7-13-11-37(23(40)26(31,32)33)4-3-12(13)8-17(16)35-24-34-10-15(25(28,29)30)20(36-24)18-9-19-21(42-18)22(39)38(5-6-41-19)14-1-2-14/h7-10,14H,1-6,11H2,(H,34,35,36). The van der Waals surface area contributed by atoms with Gasteiger partial charge in [-0.15, -0.1) is 23.1 Å². The first kappa shape index (κ1) is 29.1. The van der Waals surface area contributed by atoms with Gasteiger partial charge < -0.3 is 15.1 Å². The summed E-state index contributed by atoms with van der Waals surface area (Å²) >= 11 is 8.75. The number of fused-ring (bicyclic) bond motifs is 2. The van der Waals surface area contributed by atoms with E-state index in [9.17, 15) is 35.9 Å². The van der Waals surface area contributed by atoms with Gasteiger partial charge >= 0.3 is 18.3 Å². The van der Waals surface area contributed by atoms with E-state index in [4.69, 9.17) is 11.6 Å². The SMILES string of the molecule is O=C1c2sc(-c3nc(Nc4cc5c(cc4Cl)CN(C(=O)C(F)(F)F)CC5)ncc3C(F)(F)F)cc2SCCN1C1CC1. The van der Waals surface area contributed by atoms with Gasteiger partial charge in [-0.05, 0) is 48.6 Å². The largest absolute Gasteiger partial charge is 0.471 e. The predicted octanol–water partition coefficient (Wildman–Crippen LogP) is 6.78. The number of alkyl halides is 6. The Labute approximate surface area is 248 Å². The van der Waals surface area contributed by atoms with Crippen molar-refractivity contribution in [3.63, 3.8) is 0 Å². The van der Waals surface area contributed by atoms with Crippen molar-refractivity contribution in [2.45, 2.75) is 49.1 Å². The van der Waals surface area contributed by atoms with Crippen LogP contribution in [0.1, 0.15) is 39.2 Å². The van der Waals surface area contributed by atoms with Crippen molar-refractivity contribution in [2.75, 3.05) is 24.2 Å². The average molecular weight is 648 g/mol. The zero-order chi connectivity index (χ0) is 30.0. The maximum Gasteiger partial charge on any atom is 0.471 e. The minimum atomic E-state index is -5.00. The van der Waals surface area contributed by atoms with Gasteiger partial charge in [-0.1, -0.05) is 11.6 Å². The number of rotatable bonds is 4. The van der Waals surface area contributed by atoms with Crippen LogP contribution >= 0.6 is 34.7 Å². The maximum atomic E-state index is 14.0. The molecule has 0 bridgehead atoms. The number of halogens is 7. The van der Waals surface area contributed by atoms with Crippen LogP contribution < -0.4 is 5.32 Å². The molecule has 1 N–H and O–H groups in total. The first-order valence-corrected chi connectivity index (χ1v) is 14.9. The number of hydrogen-bond donors (Lipinski definition) is 1. The second kappa shape index (κ2) is 10.6. The van der Waals surface area contributed by atoms with Gasteiger partial charge in [0.05, 0.1) is 21.3 Å². The summed E-state index contributed by atoms with van der Waals surface area (Å²) in [6.07, 6.45) is -7.16. The Balaban J connectivity index is 1.31. The molecule has 0 saturated heterocycles. The van der Waals surface area contributed by atoms with Crippen molar-refractivity contribution < 1.29 is 35.9 Å². The van der Waals surface area contributed by atoms with Gasteiger partial charge in [0.15, 0.2) is 0 Å². The van der Waals surface area contributed by atoms with Gasteiger partial charge in [0.2, 0.25) is 5.95 Å². The van der Waals surface area contributed by atoms with Crippen LogP contribution in [0, 0.1) is 0 Å². The summed E-state index contributed by atoms with van der Waals surface area (Å²) in [6, 6.07) is 4.69. The normalized spacial score (nSPS) is 17.5. The minimum Gasteiger partial charge on any atom is -0.334 e. The van der Waals surface area contributed by atoms with Gasteiger partial charge in [0, 0.05) is 42.5 Å². The third-order valence-corrected chi connectivity index (χ3v) is 9.73. The summed E-state index contributed by atoms with van der Waals surface area (Å²) in [5.74, 6) is -1.69. The third-order valence-electron chi connectivity index (χ3n) is 7.14. The summed E-state index contributed by atoms with van der Waals surface area (Å²) < 4.78 is 80.7. The molecule has 1 aliphatic carbocycles. The van der Waals surface area contributed by atoms with E-state index >= 15 is 0 Å². The lowest BCUT2D eigenvalue weighted by atomic mass is 9.99. The number of nitrogens with zero attached hydrogens (tertiary/aromatic N) is 4. The van der Waals surface area contributed by atoms with Crippen LogP contribution in [-0.4, -0.2) is 62.6 Å². The molecule has 7 nitrogen and oxygen atoms in total. The Morgan fingerprint density at radius 2 is 1.83 bits per heavy atom. The summed E-state index contributed by atoms with van der Waals surface area (Å²) in [5, 5.41) is 2.88. The molecule has 2 aromatic heterocycles. The molecule has 6 rings (SSSR count). The second-order valence-electron chi connectivity index (χ2n) is 10.0. The smallest absolute Gasteiger partial charge is 0.334 e. The quantitative estimate of drug-likeness (QED) is 0.315. The summed E-state index contributed by atoms with van der Waals surface area (Å²) in [7, 11) is 0. The number of carbonyl (C=O) groups is 2. The molecule has 0 radical (unpaired) electrons. The van der Waals surface area contributed by atoms with Crippen LogP contribution in [0.5, 0.6) is 0 Å². The maximum absolute atomic E-state index is 14.0. The number of benzene rings is 1. The van der Waals surface area contributed by atoms with Gasteiger partial charge in [0.1, 0.15) is 10.4 Å². The Hall–Kier alpha value is -3.04. The number of amides is 2. The highest BCUT2D eigenvalue weighted by molar-refractivity contribution is 7.99. The Bertz CT molecular complexity index is 1590. The number of carbonyl (C=O) groups excluding carboxylic acids is 2. The van der Waals surface area contributed by atoms with Crippen molar-refractivity contribution in [3.8, 4) is 10.6 Å². The fraction of sp³-hybridized carbons (Fsp3) is 0.385. The van der Waals surface area contributed by atoms with E-state index in [0.29, 0.717) is 44.3 Å². The van der Waals surface area contributed by atoms with Gasteiger partial charge in [-0.25, -0.2) is 9.97 Å². The summed E-state index contributed by atoms with van der Waals surface area (Å²) in [6.45, 7) is 0.135. The third kappa shape index (κ3) is 5.65. The first-order valence-electron chi connectivity index (χ1n) is 12.8. The van der Waals surface area contributed by atoms with Crippen LogP contribution in [0.2, 0.25) is 5.02 Å². The highest BCUT2D eigenvalue weighted by Gasteiger charge is 2.43. The van der Waals surface area contributed by atoms with E-state index in [1.54, 1.807) is 17.0 Å². The van der Waals surface area contributed by atoms with Crippen molar-refractivity contribution in [2.24, 2.45) is 0 Å². The molecule has 16 heteroatoms. The molecule has 0 atom stereocenters. The zero-order valence-corrected chi connectivity index (χ0v) is 23.8. The van der Waals surface area contributed by atoms with E-state index in [0.717, 1.165) is 24.2 Å². The van der Waals surface area contributed by atoms with Crippen LogP contribution in [0.15, 0.2) is 29.3 Å². The number of hydrogen-bond acceptors (Lipinski definition) is 7. The van der Waals surface area contributed by atoms with E-state index < -0.39 is 23.8 Å². The average Bonchev–Trinajstić information content (AvgIpc) is 3.69. The summed E-state index contributed by atoms with van der Waals surface area (Å²) in [5.41, 5.74) is -0.167. The Kier molecular flexibility index (Phi) is 7.33. The second-order valence-corrected chi connectivity index (χ2v) is 12.6. The first-order chi connectivity index (χ1) is 19.8. The van der Waals surface area contributed by atoms with E-state index in [1.807, 2.05) is 0 Å². The number of thioether (sulfide) groups is 1. The highest BCUT2D eigenvalue weighted by Crippen LogP contribution is 2.44. The monoisotopic (exact) mass is 647 g/mol. The molecule has 1 saturated carbocycles. The fourth-order valence-corrected chi connectivity index (χ4v) is 7.50. The van der Waals surface area contributed by atoms with Gasteiger partial charge in [-0.3, -0.25) is 9.59 Å². The highest BCUT2D eigenvalue weighted by atomic mass is 35.5. The minimum absolute atomic E-state index is 0.0603. The van der Waals surface area contributed by atoms with E-state index in [-0.39, 0.29) is 58.7 Å². The number of anilines is 2. The summed E-state index contributed by atoms with van der Waals surface area (Å²) in [4.78, 5) is 36.5. The number of nitrogens with one attached hydrogen (secondary N) is 1.